The van der Waals surface area contributed by atoms with Crippen LogP contribution in [0.4, 0.5) is 0 Å². The number of carbonyl (C=O) groups excluding carboxylic acids is 3. The van der Waals surface area contributed by atoms with Gasteiger partial charge in [0.1, 0.15) is 0 Å². The lowest BCUT2D eigenvalue weighted by atomic mass is 9.64. The molecule has 1 heterocycles. The number of hydrogen-bond acceptors (Lipinski definition) is 3. The first-order chi connectivity index (χ1) is 16.5. The lowest BCUT2D eigenvalue weighted by Crippen LogP contribution is -2.53. The fourth-order valence-electron chi connectivity index (χ4n) is 6.51. The second kappa shape index (κ2) is 9.77. The van der Waals surface area contributed by atoms with E-state index in [4.69, 9.17) is 0 Å². The summed E-state index contributed by atoms with van der Waals surface area (Å²) in [5, 5.41) is 4.94. The zero-order valence-electron chi connectivity index (χ0n) is 20.0. The minimum Gasteiger partial charge on any atom is -0.347 e. The van der Waals surface area contributed by atoms with Crippen LogP contribution in [0.3, 0.4) is 0 Å². The van der Waals surface area contributed by atoms with Gasteiger partial charge in [-0.05, 0) is 66.7 Å². The standard InChI is InChI=1S/C28H35N3O3/c1-19-15-20-9-10-24(22(16-19)17-20)27(33)29-18-26(32)30-11-13-31(14-12-30)28(34)25-8-4-6-21-5-2-3-7-23(21)25/h2-8,19-20,22,24H,9-18H2,1H3,(H,29,33). The molecule has 2 aromatic rings. The molecule has 0 radical (unpaired) electrons. The normalized spacial score (nSPS) is 26.9. The van der Waals surface area contributed by atoms with Crippen molar-refractivity contribution in [3.8, 4) is 0 Å². The van der Waals surface area contributed by atoms with Crippen molar-refractivity contribution in [2.24, 2.45) is 23.7 Å². The SMILES string of the molecule is CC1CC2CCC(C(=O)NCC(=O)N3CCN(C(=O)c4cccc5ccccc45)CC3)C(C1)C2. The Morgan fingerprint density at radius 1 is 0.882 bits per heavy atom. The maximum Gasteiger partial charge on any atom is 0.254 e. The summed E-state index contributed by atoms with van der Waals surface area (Å²) in [6.07, 6.45) is 5.70. The smallest absolute Gasteiger partial charge is 0.254 e. The molecule has 180 valence electrons. The van der Waals surface area contributed by atoms with Gasteiger partial charge in [-0.1, -0.05) is 43.3 Å². The Bertz CT molecular complexity index is 1070. The maximum atomic E-state index is 13.2. The molecule has 6 heteroatoms. The molecule has 2 aromatic carbocycles. The predicted molar refractivity (Wildman–Crippen MR) is 132 cm³/mol. The van der Waals surface area contributed by atoms with Crippen molar-refractivity contribution in [1.82, 2.24) is 15.1 Å². The molecule has 5 rings (SSSR count). The van der Waals surface area contributed by atoms with Crippen LogP contribution in [0.25, 0.3) is 10.8 Å². The van der Waals surface area contributed by atoms with Crippen LogP contribution in [0, 0.1) is 23.7 Å². The van der Waals surface area contributed by atoms with Gasteiger partial charge in [0, 0.05) is 37.7 Å². The highest BCUT2D eigenvalue weighted by Crippen LogP contribution is 2.45. The first kappa shape index (κ1) is 22.9. The van der Waals surface area contributed by atoms with Crippen LogP contribution in [0.15, 0.2) is 42.5 Å². The van der Waals surface area contributed by atoms with Gasteiger partial charge in [0.25, 0.3) is 5.91 Å². The third-order valence-corrected chi connectivity index (χ3v) is 8.22. The van der Waals surface area contributed by atoms with Crippen LogP contribution >= 0.6 is 0 Å². The topological polar surface area (TPSA) is 69.7 Å². The van der Waals surface area contributed by atoms with E-state index < -0.39 is 0 Å². The zero-order chi connectivity index (χ0) is 23.7. The van der Waals surface area contributed by atoms with E-state index in [0.29, 0.717) is 43.6 Å². The molecule has 2 aliphatic carbocycles. The van der Waals surface area contributed by atoms with Crippen LogP contribution in [-0.2, 0) is 9.59 Å². The van der Waals surface area contributed by atoms with Gasteiger partial charge in [-0.25, -0.2) is 0 Å². The van der Waals surface area contributed by atoms with E-state index in [-0.39, 0.29) is 30.2 Å². The van der Waals surface area contributed by atoms with Crippen molar-refractivity contribution in [3.63, 3.8) is 0 Å². The zero-order valence-corrected chi connectivity index (χ0v) is 20.0. The minimum atomic E-state index is -0.0590. The second-order valence-corrected chi connectivity index (χ2v) is 10.5. The molecule has 4 atom stereocenters. The van der Waals surface area contributed by atoms with E-state index in [1.807, 2.05) is 47.4 Å². The van der Waals surface area contributed by atoms with Crippen molar-refractivity contribution >= 4 is 28.5 Å². The number of carbonyl (C=O) groups is 3. The Morgan fingerprint density at radius 3 is 2.44 bits per heavy atom. The molecule has 3 amide bonds. The van der Waals surface area contributed by atoms with Gasteiger partial charge >= 0.3 is 0 Å². The van der Waals surface area contributed by atoms with Gasteiger partial charge < -0.3 is 15.1 Å². The summed E-state index contributed by atoms with van der Waals surface area (Å²) in [7, 11) is 0. The van der Waals surface area contributed by atoms with E-state index in [2.05, 4.69) is 12.2 Å². The van der Waals surface area contributed by atoms with Gasteiger partial charge in [-0.15, -0.1) is 0 Å². The first-order valence-corrected chi connectivity index (χ1v) is 12.8. The Hall–Kier alpha value is -2.89. The largest absolute Gasteiger partial charge is 0.347 e. The summed E-state index contributed by atoms with van der Waals surface area (Å²) in [6, 6.07) is 13.7. The van der Waals surface area contributed by atoms with Crippen molar-refractivity contribution in [2.45, 2.75) is 39.0 Å². The molecular weight excluding hydrogens is 426 g/mol. The number of piperazine rings is 1. The molecule has 3 fully saturated rings. The number of amides is 3. The van der Waals surface area contributed by atoms with E-state index in [1.165, 1.54) is 12.8 Å². The summed E-state index contributed by atoms with van der Waals surface area (Å²) < 4.78 is 0. The number of hydrogen-bond donors (Lipinski definition) is 1. The quantitative estimate of drug-likeness (QED) is 0.755. The Balaban J connectivity index is 1.12. The van der Waals surface area contributed by atoms with Gasteiger partial charge in [0.2, 0.25) is 11.8 Å². The van der Waals surface area contributed by atoms with E-state index in [0.717, 1.165) is 36.0 Å². The van der Waals surface area contributed by atoms with Gasteiger partial charge in [0.15, 0.2) is 0 Å². The summed E-state index contributed by atoms with van der Waals surface area (Å²) in [4.78, 5) is 42.4. The van der Waals surface area contributed by atoms with E-state index in [1.54, 1.807) is 4.90 Å². The second-order valence-electron chi connectivity index (χ2n) is 10.5. The van der Waals surface area contributed by atoms with Gasteiger partial charge in [-0.3, -0.25) is 14.4 Å². The fraction of sp³-hybridized carbons (Fsp3) is 0.536. The summed E-state index contributed by atoms with van der Waals surface area (Å²) in [5.74, 6) is 2.02. The number of nitrogens with one attached hydrogen (secondary N) is 1. The van der Waals surface area contributed by atoms with Crippen LogP contribution < -0.4 is 5.32 Å². The van der Waals surface area contributed by atoms with Crippen LogP contribution in [0.1, 0.15) is 49.4 Å². The maximum absolute atomic E-state index is 13.2. The molecule has 4 unspecified atom stereocenters. The van der Waals surface area contributed by atoms with Crippen LogP contribution in [0.5, 0.6) is 0 Å². The van der Waals surface area contributed by atoms with Crippen LogP contribution in [-0.4, -0.2) is 60.2 Å². The molecule has 0 spiro atoms. The molecule has 2 saturated carbocycles. The number of rotatable bonds is 4. The average molecular weight is 462 g/mol. The molecule has 1 aliphatic heterocycles. The van der Waals surface area contributed by atoms with Gasteiger partial charge in [0.05, 0.1) is 6.54 Å². The summed E-state index contributed by atoms with van der Waals surface area (Å²) >= 11 is 0. The Morgan fingerprint density at radius 2 is 1.62 bits per heavy atom. The van der Waals surface area contributed by atoms with E-state index in [9.17, 15) is 14.4 Å². The highest BCUT2D eigenvalue weighted by Gasteiger charge is 2.39. The van der Waals surface area contributed by atoms with Crippen LogP contribution in [0.2, 0.25) is 0 Å². The highest BCUT2D eigenvalue weighted by atomic mass is 16.2. The molecular formula is C28H35N3O3. The molecule has 34 heavy (non-hydrogen) atoms. The first-order valence-electron chi connectivity index (χ1n) is 12.8. The lowest BCUT2D eigenvalue weighted by Gasteiger charge is -2.42. The monoisotopic (exact) mass is 461 g/mol. The van der Waals surface area contributed by atoms with Gasteiger partial charge in [-0.2, -0.15) is 0 Å². The van der Waals surface area contributed by atoms with E-state index >= 15 is 0 Å². The third-order valence-electron chi connectivity index (χ3n) is 8.22. The number of benzene rings is 2. The number of fused-ring (bicyclic) bond motifs is 3. The highest BCUT2D eigenvalue weighted by molar-refractivity contribution is 6.07. The molecule has 6 nitrogen and oxygen atoms in total. The molecule has 2 bridgehead atoms. The fourth-order valence-corrected chi connectivity index (χ4v) is 6.51. The lowest BCUT2D eigenvalue weighted by molar-refractivity contribution is -0.136. The van der Waals surface area contributed by atoms with Crippen molar-refractivity contribution in [3.05, 3.63) is 48.0 Å². The molecule has 0 aromatic heterocycles. The molecule has 1 saturated heterocycles. The van der Waals surface area contributed by atoms with Crippen molar-refractivity contribution < 1.29 is 14.4 Å². The summed E-state index contributed by atoms with van der Waals surface area (Å²) in [6.45, 7) is 4.36. The van der Waals surface area contributed by atoms with Crippen molar-refractivity contribution in [1.29, 1.82) is 0 Å². The summed E-state index contributed by atoms with van der Waals surface area (Å²) in [5.41, 5.74) is 0.705. The average Bonchev–Trinajstić information content (AvgIpc) is 2.86. The Kier molecular flexibility index (Phi) is 6.57. The molecule has 3 aliphatic rings. The Labute approximate surface area is 201 Å². The third kappa shape index (κ3) is 4.68. The number of nitrogens with zero attached hydrogens (tertiary/aromatic N) is 2. The predicted octanol–water partition coefficient (Wildman–Crippen LogP) is 3.70. The minimum absolute atomic E-state index is 0.00881. The van der Waals surface area contributed by atoms with Crippen molar-refractivity contribution in [2.75, 3.05) is 32.7 Å². The molecule has 1 N–H and O–H groups in total.